The summed E-state index contributed by atoms with van der Waals surface area (Å²) in [5.74, 6) is 4.44. The number of ether oxygens (including phenoxy) is 1. The van der Waals surface area contributed by atoms with Crippen LogP contribution >= 0.6 is 0 Å². The summed E-state index contributed by atoms with van der Waals surface area (Å²) >= 11 is 0. The van der Waals surface area contributed by atoms with Crippen LogP contribution in [0.1, 0.15) is 36.7 Å². The Morgan fingerprint density at radius 3 is 2.73 bits per heavy atom. The molecule has 1 aromatic rings. The van der Waals surface area contributed by atoms with Gasteiger partial charge in [0, 0.05) is 5.56 Å². The number of fused-ring (bicyclic) bond motifs is 1. The van der Waals surface area contributed by atoms with Gasteiger partial charge in [0.1, 0.15) is 5.60 Å². The van der Waals surface area contributed by atoms with Crippen molar-refractivity contribution in [1.82, 2.24) is 5.32 Å². The molecule has 0 atom stereocenters. The van der Waals surface area contributed by atoms with E-state index in [1.54, 1.807) is 39.0 Å². The fourth-order valence-corrected chi connectivity index (χ4v) is 1.80. The molecule has 0 saturated heterocycles. The summed E-state index contributed by atoms with van der Waals surface area (Å²) < 4.78 is 5.07. The molecule has 0 bridgehead atoms. The van der Waals surface area contributed by atoms with Crippen LogP contribution in [0.4, 0.5) is 10.5 Å². The number of nitrogens with one attached hydrogen (secondary N) is 2. The van der Waals surface area contributed by atoms with Crippen molar-refractivity contribution in [2.75, 3.05) is 11.9 Å². The first-order valence-electron chi connectivity index (χ1n) is 6.72. The van der Waals surface area contributed by atoms with E-state index in [0.717, 1.165) is 0 Å². The van der Waals surface area contributed by atoms with Crippen molar-refractivity contribution < 1.29 is 19.1 Å². The number of anilines is 1. The van der Waals surface area contributed by atoms with Gasteiger partial charge >= 0.3 is 6.09 Å². The Labute approximate surface area is 128 Å². The normalized spacial score (nSPS) is 12.9. The van der Waals surface area contributed by atoms with E-state index in [9.17, 15) is 14.4 Å². The molecule has 1 aliphatic heterocycles. The lowest BCUT2D eigenvalue weighted by atomic mass is 10.1. The summed E-state index contributed by atoms with van der Waals surface area (Å²) in [6, 6.07) is 4.83. The Balaban J connectivity index is 1.94. The number of hydrogen-bond acceptors (Lipinski definition) is 4. The van der Waals surface area contributed by atoms with E-state index in [-0.39, 0.29) is 6.54 Å². The molecule has 2 N–H and O–H groups in total. The third kappa shape index (κ3) is 3.85. The molecule has 0 aliphatic carbocycles. The number of alkyl carbamates (subject to hydrolysis) is 1. The summed E-state index contributed by atoms with van der Waals surface area (Å²) in [5, 5.41) is 4.99. The number of rotatable bonds is 1. The Bertz CT molecular complexity index is 705. The van der Waals surface area contributed by atoms with E-state index < -0.39 is 23.4 Å². The molecule has 0 saturated carbocycles. The van der Waals surface area contributed by atoms with E-state index >= 15 is 0 Å². The molecule has 0 aromatic heterocycles. The monoisotopic (exact) mass is 300 g/mol. The van der Waals surface area contributed by atoms with Crippen molar-refractivity contribution in [3.05, 3.63) is 29.3 Å². The van der Waals surface area contributed by atoms with Crippen LogP contribution in [0.3, 0.4) is 0 Å². The fourth-order valence-electron chi connectivity index (χ4n) is 1.80. The molecule has 0 radical (unpaired) electrons. The highest BCUT2D eigenvalue weighted by atomic mass is 16.6. The Morgan fingerprint density at radius 1 is 1.32 bits per heavy atom. The summed E-state index contributed by atoms with van der Waals surface area (Å²) in [6.07, 6.45) is -0.534. The second-order valence-electron chi connectivity index (χ2n) is 5.70. The SMILES string of the molecule is CC(C)(C)OC(=O)NCC#Cc1ccc2c(c1)NC(=O)C2=O. The summed E-state index contributed by atoms with van der Waals surface area (Å²) in [5.41, 5.74) is 0.895. The average Bonchev–Trinajstić information content (AvgIpc) is 2.68. The van der Waals surface area contributed by atoms with E-state index in [1.807, 2.05) is 0 Å². The molecular formula is C16H16N2O4. The van der Waals surface area contributed by atoms with Gasteiger partial charge < -0.3 is 15.4 Å². The molecular weight excluding hydrogens is 284 g/mol. The standard InChI is InChI=1S/C16H16N2O4/c1-16(2,3)22-15(21)17-8-4-5-10-6-7-11-12(9-10)18-14(20)13(11)19/h6-7,9H,8H2,1-3H3,(H,17,21)(H,18,19,20). The van der Waals surface area contributed by atoms with Crippen LogP contribution < -0.4 is 10.6 Å². The maximum atomic E-state index is 11.4. The largest absolute Gasteiger partial charge is 0.444 e. The topological polar surface area (TPSA) is 84.5 Å². The Kier molecular flexibility index (Phi) is 4.18. The molecule has 114 valence electrons. The van der Waals surface area contributed by atoms with Gasteiger partial charge in [0.2, 0.25) is 0 Å². The zero-order chi connectivity index (χ0) is 16.3. The summed E-state index contributed by atoms with van der Waals surface area (Å²) in [7, 11) is 0. The molecule has 2 amide bonds. The van der Waals surface area contributed by atoms with E-state index in [0.29, 0.717) is 16.8 Å². The lowest BCUT2D eigenvalue weighted by molar-refractivity contribution is -0.112. The maximum Gasteiger partial charge on any atom is 0.408 e. The smallest absolute Gasteiger partial charge is 0.408 e. The molecule has 0 unspecified atom stereocenters. The van der Waals surface area contributed by atoms with Crippen LogP contribution in [-0.2, 0) is 9.53 Å². The first kappa shape index (κ1) is 15.6. The van der Waals surface area contributed by atoms with Gasteiger partial charge in [-0.3, -0.25) is 9.59 Å². The Hall–Kier alpha value is -2.81. The van der Waals surface area contributed by atoms with Crippen molar-refractivity contribution in [3.8, 4) is 11.8 Å². The van der Waals surface area contributed by atoms with Crippen LogP contribution in [0.5, 0.6) is 0 Å². The van der Waals surface area contributed by atoms with E-state index in [1.165, 1.54) is 0 Å². The minimum atomic E-state index is -0.633. The van der Waals surface area contributed by atoms with Crippen molar-refractivity contribution in [1.29, 1.82) is 0 Å². The lowest BCUT2D eigenvalue weighted by Crippen LogP contribution is -2.32. The number of carbonyl (C=O) groups excluding carboxylic acids is 3. The quantitative estimate of drug-likeness (QED) is 0.610. The first-order valence-corrected chi connectivity index (χ1v) is 6.72. The molecule has 2 rings (SSSR count). The van der Waals surface area contributed by atoms with Gasteiger partial charge in [0.25, 0.3) is 11.7 Å². The van der Waals surface area contributed by atoms with Gasteiger partial charge in [-0.05, 0) is 39.0 Å². The van der Waals surface area contributed by atoms with Crippen LogP contribution in [0, 0.1) is 11.8 Å². The van der Waals surface area contributed by atoms with Crippen molar-refractivity contribution in [3.63, 3.8) is 0 Å². The van der Waals surface area contributed by atoms with Crippen LogP contribution in [0.15, 0.2) is 18.2 Å². The van der Waals surface area contributed by atoms with Gasteiger partial charge in [-0.2, -0.15) is 0 Å². The predicted octanol–water partition coefficient (Wildman–Crippen LogP) is 1.70. The zero-order valence-electron chi connectivity index (χ0n) is 12.6. The van der Waals surface area contributed by atoms with Gasteiger partial charge in [-0.1, -0.05) is 11.8 Å². The van der Waals surface area contributed by atoms with Crippen LogP contribution in [0.2, 0.25) is 0 Å². The third-order valence-corrected chi connectivity index (χ3v) is 2.67. The molecule has 1 aromatic carbocycles. The first-order chi connectivity index (χ1) is 10.3. The van der Waals surface area contributed by atoms with Crippen molar-refractivity contribution in [2.24, 2.45) is 0 Å². The number of carbonyl (C=O) groups is 3. The minimum absolute atomic E-state index is 0.136. The highest BCUT2D eigenvalue weighted by Gasteiger charge is 2.27. The highest BCUT2D eigenvalue weighted by Crippen LogP contribution is 2.23. The van der Waals surface area contributed by atoms with Crippen molar-refractivity contribution >= 4 is 23.5 Å². The molecule has 22 heavy (non-hydrogen) atoms. The summed E-state index contributed by atoms with van der Waals surface area (Å²) in [6.45, 7) is 5.46. The molecule has 0 fully saturated rings. The Morgan fingerprint density at radius 2 is 2.05 bits per heavy atom. The van der Waals surface area contributed by atoms with Crippen LogP contribution in [-0.4, -0.2) is 29.9 Å². The third-order valence-electron chi connectivity index (χ3n) is 2.67. The predicted molar refractivity (Wildman–Crippen MR) is 80.5 cm³/mol. The average molecular weight is 300 g/mol. The van der Waals surface area contributed by atoms with E-state index in [4.69, 9.17) is 4.74 Å². The zero-order valence-corrected chi connectivity index (χ0v) is 12.6. The number of Topliss-reactive ketones (excluding diaryl/α,β-unsaturated/α-hetero) is 1. The number of hydrogen-bond donors (Lipinski definition) is 2. The van der Waals surface area contributed by atoms with Gasteiger partial charge in [0.05, 0.1) is 17.8 Å². The molecule has 6 heteroatoms. The highest BCUT2D eigenvalue weighted by molar-refractivity contribution is 6.51. The maximum absolute atomic E-state index is 11.4. The van der Waals surface area contributed by atoms with Gasteiger partial charge in [-0.15, -0.1) is 0 Å². The van der Waals surface area contributed by atoms with Crippen molar-refractivity contribution in [2.45, 2.75) is 26.4 Å². The molecule has 1 heterocycles. The lowest BCUT2D eigenvalue weighted by Gasteiger charge is -2.18. The second kappa shape index (κ2) is 5.90. The van der Waals surface area contributed by atoms with Crippen LogP contribution in [0.25, 0.3) is 0 Å². The number of benzene rings is 1. The minimum Gasteiger partial charge on any atom is -0.444 e. The van der Waals surface area contributed by atoms with Gasteiger partial charge in [0.15, 0.2) is 0 Å². The van der Waals surface area contributed by atoms with E-state index in [2.05, 4.69) is 22.5 Å². The number of ketones is 1. The summed E-state index contributed by atoms with van der Waals surface area (Å²) in [4.78, 5) is 34.1. The molecule has 0 spiro atoms. The number of amides is 2. The molecule has 6 nitrogen and oxygen atoms in total. The second-order valence-corrected chi connectivity index (χ2v) is 5.70. The van der Waals surface area contributed by atoms with Gasteiger partial charge in [-0.25, -0.2) is 4.79 Å². The fraction of sp³-hybridized carbons (Fsp3) is 0.312. The molecule has 1 aliphatic rings.